The van der Waals surface area contributed by atoms with Gasteiger partial charge in [-0.15, -0.1) is 0 Å². The lowest BCUT2D eigenvalue weighted by Gasteiger charge is -2.30. The van der Waals surface area contributed by atoms with Crippen molar-refractivity contribution in [1.29, 1.82) is 0 Å². The highest BCUT2D eigenvalue weighted by molar-refractivity contribution is 5.96. The van der Waals surface area contributed by atoms with Crippen LogP contribution in [0.15, 0.2) is 188 Å². The van der Waals surface area contributed by atoms with E-state index in [1.807, 2.05) is 24.4 Å². The summed E-state index contributed by atoms with van der Waals surface area (Å²) in [6.45, 7) is 0. The van der Waals surface area contributed by atoms with Gasteiger partial charge in [-0.25, -0.2) is 9.97 Å². The number of aromatic nitrogens is 3. The van der Waals surface area contributed by atoms with Gasteiger partial charge in [0.2, 0.25) is 0 Å². The van der Waals surface area contributed by atoms with Crippen molar-refractivity contribution in [1.82, 2.24) is 15.0 Å². The summed E-state index contributed by atoms with van der Waals surface area (Å²) in [6, 6.07) is 65.4. The molecule has 11 rings (SSSR count). The van der Waals surface area contributed by atoms with Crippen LogP contribution in [0.5, 0.6) is 0 Å². The van der Waals surface area contributed by atoms with Crippen molar-refractivity contribution in [3.05, 3.63) is 210 Å². The quantitative estimate of drug-likeness (QED) is 0.187. The maximum absolute atomic E-state index is 5.33. The van der Waals surface area contributed by atoms with E-state index in [1.54, 1.807) is 0 Å². The molecule has 0 radical (unpaired) electrons. The third-order valence-electron chi connectivity index (χ3n) is 11.2. The predicted octanol–water partition coefficient (Wildman–Crippen LogP) is 12.0. The second-order valence-corrected chi connectivity index (χ2v) is 14.0. The molecule has 0 unspecified atom stereocenters. The lowest BCUT2D eigenvalue weighted by atomic mass is 9.70. The lowest BCUT2D eigenvalue weighted by molar-refractivity contribution is 0.794. The van der Waals surface area contributed by atoms with E-state index in [0.717, 1.165) is 44.7 Å². The van der Waals surface area contributed by atoms with Gasteiger partial charge in [-0.05, 0) is 85.6 Å². The molecule has 0 N–H and O–H groups in total. The Bertz CT molecular complexity index is 2830. The molecular formula is C50H31N3. The van der Waals surface area contributed by atoms with Crippen molar-refractivity contribution in [2.24, 2.45) is 0 Å². The molecule has 9 aromatic rings. The number of rotatable bonds is 4. The second-order valence-electron chi connectivity index (χ2n) is 14.0. The molecule has 53 heavy (non-hydrogen) atoms. The molecule has 0 atom stereocenters. The van der Waals surface area contributed by atoms with E-state index in [0.29, 0.717) is 5.82 Å². The number of pyridine rings is 1. The molecule has 2 heterocycles. The molecule has 0 amide bonds. The molecule has 2 aromatic heterocycles. The first-order valence-corrected chi connectivity index (χ1v) is 18.1. The molecule has 246 valence electrons. The van der Waals surface area contributed by atoms with Gasteiger partial charge in [0.15, 0.2) is 5.82 Å². The average Bonchev–Trinajstić information content (AvgIpc) is 3.71. The monoisotopic (exact) mass is 673 g/mol. The second kappa shape index (κ2) is 11.5. The van der Waals surface area contributed by atoms with Crippen LogP contribution in [0.4, 0.5) is 0 Å². The standard InChI is InChI=1S/C50H31N3/c1-2-12-35-29-37(25-20-32(35)11-1)49-52-47(34-23-21-33(22-24-34)46-19-9-10-28-51-46)31-48(53-49)36-26-27-41-40-15-5-8-18-44(40)50(45(41)30-36)42-16-6-3-13-38(42)39-14-4-7-17-43(39)50/h1-31H. The number of hydrogen-bond donors (Lipinski definition) is 0. The van der Waals surface area contributed by atoms with Crippen molar-refractivity contribution in [3.8, 4) is 67.4 Å². The van der Waals surface area contributed by atoms with E-state index in [-0.39, 0.29) is 0 Å². The zero-order valence-electron chi connectivity index (χ0n) is 28.7. The van der Waals surface area contributed by atoms with E-state index in [2.05, 4.69) is 169 Å². The van der Waals surface area contributed by atoms with Gasteiger partial charge in [0.05, 0.1) is 22.5 Å². The largest absolute Gasteiger partial charge is 0.256 e. The normalized spacial score (nSPS) is 13.1. The summed E-state index contributed by atoms with van der Waals surface area (Å²) >= 11 is 0. The van der Waals surface area contributed by atoms with Gasteiger partial charge in [0, 0.05) is 28.5 Å². The Morgan fingerprint density at radius 2 is 0.830 bits per heavy atom. The summed E-state index contributed by atoms with van der Waals surface area (Å²) in [4.78, 5) is 15.1. The van der Waals surface area contributed by atoms with Gasteiger partial charge in [-0.1, -0.05) is 152 Å². The first-order valence-electron chi connectivity index (χ1n) is 18.1. The first-order chi connectivity index (χ1) is 26.3. The van der Waals surface area contributed by atoms with Crippen molar-refractivity contribution < 1.29 is 0 Å². The summed E-state index contributed by atoms with van der Waals surface area (Å²) in [7, 11) is 0. The zero-order valence-corrected chi connectivity index (χ0v) is 28.7. The Morgan fingerprint density at radius 3 is 1.47 bits per heavy atom. The van der Waals surface area contributed by atoms with Gasteiger partial charge in [-0.2, -0.15) is 0 Å². The van der Waals surface area contributed by atoms with Crippen LogP contribution in [0.3, 0.4) is 0 Å². The Kier molecular flexibility index (Phi) is 6.47. The number of hydrogen-bond acceptors (Lipinski definition) is 3. The highest BCUT2D eigenvalue weighted by atomic mass is 14.9. The topological polar surface area (TPSA) is 38.7 Å². The highest BCUT2D eigenvalue weighted by Crippen LogP contribution is 2.63. The molecule has 1 spiro atoms. The van der Waals surface area contributed by atoms with Crippen molar-refractivity contribution in [3.63, 3.8) is 0 Å². The summed E-state index contributed by atoms with van der Waals surface area (Å²) in [5.41, 5.74) is 16.9. The van der Waals surface area contributed by atoms with Crippen molar-refractivity contribution >= 4 is 10.8 Å². The molecule has 7 aromatic carbocycles. The number of nitrogens with zero attached hydrogens (tertiary/aromatic N) is 3. The number of benzene rings is 7. The average molecular weight is 674 g/mol. The van der Waals surface area contributed by atoms with E-state index in [1.165, 1.54) is 49.9 Å². The molecule has 0 bridgehead atoms. The minimum Gasteiger partial charge on any atom is -0.256 e. The smallest absolute Gasteiger partial charge is 0.160 e. The fourth-order valence-electron chi connectivity index (χ4n) is 8.80. The van der Waals surface area contributed by atoms with E-state index in [4.69, 9.17) is 9.97 Å². The van der Waals surface area contributed by atoms with Crippen LogP contribution >= 0.6 is 0 Å². The minimum atomic E-state index is -0.423. The van der Waals surface area contributed by atoms with Crippen LogP contribution in [-0.4, -0.2) is 15.0 Å². The van der Waals surface area contributed by atoms with Gasteiger partial charge in [-0.3, -0.25) is 4.98 Å². The van der Waals surface area contributed by atoms with Crippen LogP contribution in [0, 0.1) is 0 Å². The van der Waals surface area contributed by atoms with Crippen LogP contribution < -0.4 is 0 Å². The van der Waals surface area contributed by atoms with E-state index in [9.17, 15) is 0 Å². The molecule has 0 fully saturated rings. The summed E-state index contributed by atoms with van der Waals surface area (Å²) in [5.74, 6) is 0.701. The van der Waals surface area contributed by atoms with Crippen LogP contribution in [-0.2, 0) is 5.41 Å². The fourth-order valence-corrected chi connectivity index (χ4v) is 8.80. The third-order valence-corrected chi connectivity index (χ3v) is 11.2. The maximum Gasteiger partial charge on any atom is 0.160 e. The van der Waals surface area contributed by atoms with E-state index < -0.39 is 5.41 Å². The Hall–Kier alpha value is -6.97. The zero-order chi connectivity index (χ0) is 34.9. The first kappa shape index (κ1) is 29.7. The molecule has 0 saturated heterocycles. The Balaban J connectivity index is 1.13. The van der Waals surface area contributed by atoms with Gasteiger partial charge < -0.3 is 0 Å². The van der Waals surface area contributed by atoms with Crippen molar-refractivity contribution in [2.75, 3.05) is 0 Å². The molecular weight excluding hydrogens is 643 g/mol. The Morgan fingerprint density at radius 1 is 0.321 bits per heavy atom. The predicted molar refractivity (Wildman–Crippen MR) is 215 cm³/mol. The SMILES string of the molecule is c1ccc(-c2ccc(-c3cc(-c4ccc5c(c4)C4(c6ccccc6-c6ccccc64)c4ccccc4-5)nc(-c4ccc5ccccc5c4)n3)cc2)nc1. The minimum absolute atomic E-state index is 0.423. The molecule has 2 aliphatic carbocycles. The van der Waals surface area contributed by atoms with E-state index >= 15 is 0 Å². The van der Waals surface area contributed by atoms with Gasteiger partial charge in [0.25, 0.3) is 0 Å². The molecule has 0 saturated carbocycles. The molecule has 2 aliphatic rings. The summed E-state index contributed by atoms with van der Waals surface area (Å²) in [5, 5.41) is 2.36. The third kappa shape index (κ3) is 4.44. The van der Waals surface area contributed by atoms with Gasteiger partial charge >= 0.3 is 0 Å². The summed E-state index contributed by atoms with van der Waals surface area (Å²) < 4.78 is 0. The van der Waals surface area contributed by atoms with Crippen LogP contribution in [0.25, 0.3) is 78.2 Å². The molecule has 3 heteroatoms. The maximum atomic E-state index is 5.33. The lowest BCUT2D eigenvalue weighted by Crippen LogP contribution is -2.25. The van der Waals surface area contributed by atoms with Crippen molar-refractivity contribution in [2.45, 2.75) is 5.41 Å². The molecule has 3 nitrogen and oxygen atoms in total. The van der Waals surface area contributed by atoms with Gasteiger partial charge in [0.1, 0.15) is 0 Å². The summed E-state index contributed by atoms with van der Waals surface area (Å²) in [6.07, 6.45) is 1.83. The van der Waals surface area contributed by atoms with Crippen LogP contribution in [0.2, 0.25) is 0 Å². The number of fused-ring (bicyclic) bond motifs is 11. The Labute approximate surface area is 308 Å². The highest BCUT2D eigenvalue weighted by Gasteiger charge is 2.51. The van der Waals surface area contributed by atoms with Crippen LogP contribution in [0.1, 0.15) is 22.3 Å². The fraction of sp³-hybridized carbons (Fsp3) is 0.0200. The molecule has 0 aliphatic heterocycles.